The predicted octanol–water partition coefficient (Wildman–Crippen LogP) is 5.74. The molecule has 2 aromatic heterocycles. The minimum Gasteiger partial charge on any atom is -0.397 e. The molecule has 0 aliphatic heterocycles. The molecular formula is C32H48N6O3. The smallest absolute Gasteiger partial charge is 0.272 e. The zero-order chi connectivity index (χ0) is 29.7. The van der Waals surface area contributed by atoms with E-state index >= 15 is 0 Å². The van der Waals surface area contributed by atoms with E-state index in [1.165, 1.54) is 64.2 Å². The van der Waals surface area contributed by atoms with Gasteiger partial charge in [0.25, 0.3) is 11.8 Å². The van der Waals surface area contributed by atoms with Gasteiger partial charge in [-0.15, -0.1) is 0 Å². The second kappa shape index (κ2) is 16.1. The highest BCUT2D eigenvalue weighted by Crippen LogP contribution is 2.25. The number of carbonyl (C=O) groups is 3. The Bertz CT molecular complexity index is 1140. The molecule has 9 heteroatoms. The van der Waals surface area contributed by atoms with E-state index in [4.69, 9.17) is 5.73 Å². The summed E-state index contributed by atoms with van der Waals surface area (Å²) in [6.07, 6.45) is 16.4. The summed E-state index contributed by atoms with van der Waals surface area (Å²) in [6, 6.07) is 6.88. The van der Waals surface area contributed by atoms with Crippen molar-refractivity contribution in [3.63, 3.8) is 0 Å². The van der Waals surface area contributed by atoms with Crippen molar-refractivity contribution >= 4 is 29.1 Å². The van der Waals surface area contributed by atoms with Crippen molar-refractivity contribution in [2.45, 2.75) is 91.4 Å². The Labute approximate surface area is 244 Å². The molecule has 2 aliphatic carbocycles. The Hall–Kier alpha value is -3.49. The number of nitrogens with zero attached hydrogens (tertiary/aromatic N) is 2. The monoisotopic (exact) mass is 564 g/mol. The number of carbonyl (C=O) groups excluding carboxylic acids is 3. The summed E-state index contributed by atoms with van der Waals surface area (Å²) >= 11 is 0. The summed E-state index contributed by atoms with van der Waals surface area (Å²) in [7, 11) is 0. The highest BCUT2D eigenvalue weighted by Gasteiger charge is 2.27. The molecule has 2 fully saturated rings. The fourth-order valence-electron chi connectivity index (χ4n) is 5.17. The van der Waals surface area contributed by atoms with Gasteiger partial charge in [-0.1, -0.05) is 59.3 Å². The molecule has 2 aliphatic rings. The number of nitrogen functional groups attached to an aromatic ring is 1. The van der Waals surface area contributed by atoms with Crippen LogP contribution in [-0.4, -0.2) is 40.8 Å². The summed E-state index contributed by atoms with van der Waals surface area (Å²) in [4.78, 5) is 44.9. The topological polar surface area (TPSA) is 139 Å². The first-order valence-corrected chi connectivity index (χ1v) is 15.2. The maximum absolute atomic E-state index is 12.5. The van der Waals surface area contributed by atoms with Crippen molar-refractivity contribution in [3.05, 3.63) is 48.0 Å². The lowest BCUT2D eigenvalue weighted by molar-refractivity contribution is -0.124. The number of nitrogens with one attached hydrogen (secondary N) is 3. The molecule has 4 rings (SSSR count). The average molecular weight is 565 g/mol. The van der Waals surface area contributed by atoms with Gasteiger partial charge < -0.3 is 21.7 Å². The van der Waals surface area contributed by atoms with Crippen LogP contribution < -0.4 is 21.7 Å². The Morgan fingerprint density at radius 1 is 0.805 bits per heavy atom. The van der Waals surface area contributed by atoms with Gasteiger partial charge in [0.2, 0.25) is 5.91 Å². The molecule has 0 spiro atoms. The van der Waals surface area contributed by atoms with Gasteiger partial charge in [-0.05, 0) is 68.2 Å². The summed E-state index contributed by atoms with van der Waals surface area (Å²) in [5.41, 5.74) is 6.76. The number of aromatic nitrogens is 2. The second-order valence-corrected chi connectivity index (χ2v) is 12.0. The molecule has 41 heavy (non-hydrogen) atoms. The molecule has 5 N–H and O–H groups in total. The van der Waals surface area contributed by atoms with Gasteiger partial charge in [0.1, 0.15) is 0 Å². The van der Waals surface area contributed by atoms with Crippen molar-refractivity contribution in [2.75, 3.05) is 24.1 Å². The summed E-state index contributed by atoms with van der Waals surface area (Å²) < 4.78 is 0. The zero-order valence-corrected chi connectivity index (χ0v) is 25.0. The molecule has 0 unspecified atom stereocenters. The van der Waals surface area contributed by atoms with E-state index in [2.05, 4.69) is 25.9 Å². The van der Waals surface area contributed by atoms with Crippen molar-refractivity contribution in [2.24, 2.45) is 17.3 Å². The lowest BCUT2D eigenvalue weighted by Crippen LogP contribution is -2.33. The SMILES string of the molecule is CCC(C)(C)C(=O)Nc1cccnc1C(=O)NCC1CCCCC1.Nc1cccnc1C(=O)NCC1CCCCC1. The molecule has 224 valence electrons. The van der Waals surface area contributed by atoms with Crippen LogP contribution in [0.1, 0.15) is 112 Å². The average Bonchev–Trinajstić information content (AvgIpc) is 3.00. The van der Waals surface area contributed by atoms with Crippen LogP contribution in [0.3, 0.4) is 0 Å². The normalized spacial score (nSPS) is 16.2. The number of hydrogen-bond acceptors (Lipinski definition) is 6. The van der Waals surface area contributed by atoms with Crippen LogP contribution in [0.15, 0.2) is 36.7 Å². The minimum absolute atomic E-state index is 0.0978. The Morgan fingerprint density at radius 2 is 1.29 bits per heavy atom. The molecule has 0 atom stereocenters. The van der Waals surface area contributed by atoms with Crippen LogP contribution in [0.25, 0.3) is 0 Å². The third kappa shape index (κ3) is 10.1. The molecule has 0 radical (unpaired) electrons. The van der Waals surface area contributed by atoms with Gasteiger partial charge in [0, 0.05) is 30.9 Å². The van der Waals surface area contributed by atoms with E-state index in [-0.39, 0.29) is 23.4 Å². The molecule has 0 saturated heterocycles. The third-order valence-corrected chi connectivity index (χ3v) is 8.38. The highest BCUT2D eigenvalue weighted by atomic mass is 16.2. The zero-order valence-electron chi connectivity index (χ0n) is 25.0. The summed E-state index contributed by atoms with van der Waals surface area (Å²) in [5.74, 6) is 0.708. The fourth-order valence-corrected chi connectivity index (χ4v) is 5.17. The number of rotatable bonds is 9. The molecule has 9 nitrogen and oxygen atoms in total. The van der Waals surface area contributed by atoms with E-state index in [9.17, 15) is 14.4 Å². The Morgan fingerprint density at radius 3 is 1.80 bits per heavy atom. The molecule has 0 aromatic carbocycles. The first kappa shape index (κ1) is 32.0. The van der Waals surface area contributed by atoms with Gasteiger partial charge in [-0.3, -0.25) is 14.4 Å². The van der Waals surface area contributed by atoms with Crippen LogP contribution in [-0.2, 0) is 4.79 Å². The number of nitrogens with two attached hydrogens (primary N) is 1. The van der Waals surface area contributed by atoms with Crippen LogP contribution >= 0.6 is 0 Å². The Kier molecular flexibility index (Phi) is 12.6. The third-order valence-electron chi connectivity index (χ3n) is 8.38. The predicted molar refractivity (Wildman–Crippen MR) is 163 cm³/mol. The van der Waals surface area contributed by atoms with E-state index < -0.39 is 5.41 Å². The molecule has 2 aromatic rings. The first-order valence-electron chi connectivity index (χ1n) is 15.2. The summed E-state index contributed by atoms with van der Waals surface area (Å²) in [6.45, 7) is 7.18. The van der Waals surface area contributed by atoms with Crippen LogP contribution in [0, 0.1) is 17.3 Å². The molecule has 2 saturated carbocycles. The maximum Gasteiger partial charge on any atom is 0.272 e. The number of pyridine rings is 2. The second-order valence-electron chi connectivity index (χ2n) is 12.0. The fraction of sp³-hybridized carbons (Fsp3) is 0.594. The van der Waals surface area contributed by atoms with Crippen molar-refractivity contribution in [1.29, 1.82) is 0 Å². The van der Waals surface area contributed by atoms with Gasteiger partial charge in [0.05, 0.1) is 11.4 Å². The quantitative estimate of drug-likeness (QED) is 0.306. The lowest BCUT2D eigenvalue weighted by Gasteiger charge is -2.23. The van der Waals surface area contributed by atoms with Crippen molar-refractivity contribution in [3.8, 4) is 0 Å². The maximum atomic E-state index is 12.5. The van der Waals surface area contributed by atoms with E-state index in [1.807, 2.05) is 20.8 Å². The summed E-state index contributed by atoms with van der Waals surface area (Å²) in [5, 5.41) is 8.77. The van der Waals surface area contributed by atoms with Gasteiger partial charge in [-0.2, -0.15) is 0 Å². The van der Waals surface area contributed by atoms with E-state index in [0.29, 0.717) is 35.4 Å². The van der Waals surface area contributed by atoms with Crippen molar-refractivity contribution < 1.29 is 14.4 Å². The number of amides is 3. The van der Waals surface area contributed by atoms with E-state index in [0.717, 1.165) is 13.0 Å². The van der Waals surface area contributed by atoms with Gasteiger partial charge in [0.15, 0.2) is 11.4 Å². The molecular weight excluding hydrogens is 516 g/mol. The number of hydrogen-bond donors (Lipinski definition) is 4. The molecule has 3 amide bonds. The van der Waals surface area contributed by atoms with Crippen molar-refractivity contribution in [1.82, 2.24) is 20.6 Å². The lowest BCUT2D eigenvalue weighted by atomic mass is 9.89. The number of anilines is 2. The largest absolute Gasteiger partial charge is 0.397 e. The molecule has 2 heterocycles. The van der Waals surface area contributed by atoms with Gasteiger partial charge in [-0.25, -0.2) is 9.97 Å². The Balaban J connectivity index is 0.000000239. The van der Waals surface area contributed by atoms with E-state index in [1.54, 1.807) is 36.7 Å². The standard InChI is InChI=1S/C19H29N3O2.C13H19N3O/c1-4-19(2,3)18(24)22-15-11-8-12-20-16(15)17(23)21-13-14-9-6-5-7-10-14;14-11-7-4-8-15-12(11)13(17)16-9-10-5-2-1-3-6-10/h8,11-12,14H,4-7,9-10,13H2,1-3H3,(H,21,23)(H,22,24);4,7-8,10H,1-3,5-6,9,14H2,(H,16,17). The van der Waals surface area contributed by atoms with Crippen LogP contribution in [0.2, 0.25) is 0 Å². The van der Waals surface area contributed by atoms with Crippen LogP contribution in [0.5, 0.6) is 0 Å². The van der Waals surface area contributed by atoms with Crippen LogP contribution in [0.4, 0.5) is 11.4 Å². The highest BCUT2D eigenvalue weighted by molar-refractivity contribution is 6.03. The molecule has 0 bridgehead atoms. The minimum atomic E-state index is -0.480. The first-order chi connectivity index (χ1) is 19.7. The van der Waals surface area contributed by atoms with Gasteiger partial charge >= 0.3 is 0 Å².